The summed E-state index contributed by atoms with van der Waals surface area (Å²) in [5.74, 6) is 0.0362. The summed E-state index contributed by atoms with van der Waals surface area (Å²) in [6.45, 7) is 2.82. The third-order valence-corrected chi connectivity index (χ3v) is 6.71. The summed E-state index contributed by atoms with van der Waals surface area (Å²) in [7, 11) is 0. The van der Waals surface area contributed by atoms with E-state index in [2.05, 4.69) is 12.2 Å². The van der Waals surface area contributed by atoms with Crippen LogP contribution >= 0.6 is 11.3 Å². The first-order valence-corrected chi connectivity index (χ1v) is 12.9. The van der Waals surface area contributed by atoms with Crippen molar-refractivity contribution < 1.29 is 19.7 Å². The molecule has 6 heteroatoms. The molecule has 0 unspecified atom stereocenters. The number of amides is 1. The number of thiophene rings is 1. The minimum absolute atomic E-state index is 0.0362. The van der Waals surface area contributed by atoms with Gasteiger partial charge in [-0.15, -0.1) is 0 Å². The molecule has 0 aromatic carbocycles. The molecule has 1 amide bonds. The first-order valence-electron chi connectivity index (χ1n) is 11.9. The summed E-state index contributed by atoms with van der Waals surface area (Å²) in [5, 5.41) is 27.2. The number of unbranched alkanes of at least 4 members (excludes halogenated alkanes) is 7. The molecule has 30 heavy (non-hydrogen) atoms. The van der Waals surface area contributed by atoms with Gasteiger partial charge in [-0.1, -0.05) is 58.3 Å². The highest BCUT2D eigenvalue weighted by Gasteiger charge is 2.33. The predicted octanol–water partition coefficient (Wildman–Crippen LogP) is 5.06. The van der Waals surface area contributed by atoms with Gasteiger partial charge in [0.15, 0.2) is 0 Å². The molecular weight excluding hydrogens is 398 g/mol. The fourth-order valence-corrected chi connectivity index (χ4v) is 4.80. The topological polar surface area (TPSA) is 78.8 Å². The third-order valence-electron chi connectivity index (χ3n) is 6.02. The first-order chi connectivity index (χ1) is 14.6. The van der Waals surface area contributed by atoms with E-state index in [-0.39, 0.29) is 24.2 Å². The summed E-state index contributed by atoms with van der Waals surface area (Å²) < 4.78 is 5.89. The zero-order valence-corrected chi connectivity index (χ0v) is 19.4. The van der Waals surface area contributed by atoms with Crippen molar-refractivity contribution in [3.8, 4) is 0 Å². The van der Waals surface area contributed by atoms with Crippen LogP contribution in [-0.4, -0.2) is 47.1 Å². The highest BCUT2D eigenvalue weighted by molar-refractivity contribution is 7.08. The number of carbonyl (C=O) groups excluding carboxylic acids is 1. The van der Waals surface area contributed by atoms with Gasteiger partial charge in [0, 0.05) is 17.5 Å². The first kappa shape index (κ1) is 25.3. The minimum atomic E-state index is -0.395. The van der Waals surface area contributed by atoms with Crippen LogP contribution in [0.3, 0.4) is 0 Å². The van der Waals surface area contributed by atoms with E-state index in [0.29, 0.717) is 0 Å². The number of carbonyl (C=O) groups is 1. The molecule has 0 spiro atoms. The summed E-state index contributed by atoms with van der Waals surface area (Å²) in [5.41, 5.74) is 0.763. The SMILES string of the molecule is CCC[C@@H](O)[C@H]1CC[C@H]([C@H](O)CCCCCCCCCCNC(=O)c2ccsc2)O1. The molecular formula is C24H41NO4S. The Kier molecular flexibility index (Phi) is 12.6. The smallest absolute Gasteiger partial charge is 0.252 e. The van der Waals surface area contributed by atoms with E-state index in [1.807, 2.05) is 16.8 Å². The van der Waals surface area contributed by atoms with Gasteiger partial charge in [-0.3, -0.25) is 4.79 Å². The lowest BCUT2D eigenvalue weighted by Gasteiger charge is -2.21. The lowest BCUT2D eigenvalue weighted by atomic mass is 10.0. The van der Waals surface area contributed by atoms with Crippen molar-refractivity contribution in [2.45, 2.75) is 115 Å². The summed E-state index contributed by atoms with van der Waals surface area (Å²) in [6.07, 6.45) is 12.6. The van der Waals surface area contributed by atoms with Gasteiger partial charge in [0.1, 0.15) is 0 Å². The van der Waals surface area contributed by atoms with Crippen molar-refractivity contribution in [3.63, 3.8) is 0 Å². The largest absolute Gasteiger partial charge is 0.390 e. The average Bonchev–Trinajstić information content (AvgIpc) is 3.44. The van der Waals surface area contributed by atoms with Crippen molar-refractivity contribution in [1.82, 2.24) is 5.32 Å². The van der Waals surface area contributed by atoms with Gasteiger partial charge in [-0.2, -0.15) is 11.3 Å². The highest BCUT2D eigenvalue weighted by atomic mass is 32.1. The molecule has 0 saturated carbocycles. The van der Waals surface area contributed by atoms with E-state index in [4.69, 9.17) is 4.74 Å². The summed E-state index contributed by atoms with van der Waals surface area (Å²) >= 11 is 1.55. The van der Waals surface area contributed by atoms with E-state index in [0.717, 1.165) is 69.9 Å². The summed E-state index contributed by atoms with van der Waals surface area (Å²) in [4.78, 5) is 11.8. The molecule has 0 aliphatic carbocycles. The Hall–Kier alpha value is -0.950. The maximum absolute atomic E-state index is 11.8. The molecule has 0 radical (unpaired) electrons. The Labute approximate surface area is 186 Å². The van der Waals surface area contributed by atoms with Crippen molar-refractivity contribution in [2.75, 3.05) is 6.54 Å². The molecule has 1 saturated heterocycles. The second-order valence-corrected chi connectivity index (χ2v) is 9.38. The molecule has 4 atom stereocenters. The lowest BCUT2D eigenvalue weighted by molar-refractivity contribution is -0.0782. The molecule has 1 fully saturated rings. The van der Waals surface area contributed by atoms with Gasteiger partial charge in [0.05, 0.1) is 24.4 Å². The molecule has 1 aliphatic rings. The van der Waals surface area contributed by atoms with Gasteiger partial charge >= 0.3 is 0 Å². The van der Waals surface area contributed by atoms with Gasteiger partial charge in [0.25, 0.3) is 5.91 Å². The third kappa shape index (κ3) is 9.46. The second-order valence-electron chi connectivity index (χ2n) is 8.60. The molecule has 1 aromatic rings. The van der Waals surface area contributed by atoms with Gasteiger partial charge in [-0.05, 0) is 43.6 Å². The fraction of sp³-hybridized carbons (Fsp3) is 0.792. The molecule has 3 N–H and O–H groups in total. The van der Waals surface area contributed by atoms with Crippen LogP contribution in [0.4, 0.5) is 0 Å². The van der Waals surface area contributed by atoms with Crippen LogP contribution in [0.15, 0.2) is 16.8 Å². The van der Waals surface area contributed by atoms with E-state index in [9.17, 15) is 15.0 Å². The molecule has 1 aliphatic heterocycles. The predicted molar refractivity (Wildman–Crippen MR) is 123 cm³/mol. The number of aliphatic hydroxyl groups excluding tert-OH is 2. The maximum atomic E-state index is 11.8. The van der Waals surface area contributed by atoms with Gasteiger partial charge in [0.2, 0.25) is 0 Å². The normalized spacial score (nSPS) is 20.9. The van der Waals surface area contributed by atoms with Crippen molar-refractivity contribution >= 4 is 17.2 Å². The van der Waals surface area contributed by atoms with Crippen LogP contribution in [-0.2, 0) is 4.74 Å². The Morgan fingerprint density at radius 1 is 1.03 bits per heavy atom. The minimum Gasteiger partial charge on any atom is -0.390 e. The van der Waals surface area contributed by atoms with Crippen molar-refractivity contribution in [3.05, 3.63) is 22.4 Å². The van der Waals surface area contributed by atoms with Crippen molar-refractivity contribution in [2.24, 2.45) is 0 Å². The van der Waals surface area contributed by atoms with Crippen LogP contribution in [0.5, 0.6) is 0 Å². The summed E-state index contributed by atoms with van der Waals surface area (Å²) in [6, 6.07) is 1.86. The Balaban J connectivity index is 1.37. The van der Waals surface area contributed by atoms with E-state index >= 15 is 0 Å². The van der Waals surface area contributed by atoms with Crippen LogP contribution in [0.25, 0.3) is 0 Å². The number of aliphatic hydroxyl groups is 2. The number of nitrogens with one attached hydrogen (secondary N) is 1. The maximum Gasteiger partial charge on any atom is 0.252 e. The van der Waals surface area contributed by atoms with Gasteiger partial charge in [-0.25, -0.2) is 0 Å². The number of ether oxygens (including phenoxy) is 1. The molecule has 172 valence electrons. The standard InChI is InChI=1S/C24H41NO4S/c1-2-11-20(26)22-13-14-23(29-22)21(27)12-9-7-5-3-4-6-8-10-16-25-24(28)19-15-17-30-18-19/h15,17-18,20-23,26-27H,2-14,16H2,1H3,(H,25,28)/t20-,21-,22-,23-/m1/s1. The number of rotatable bonds is 16. The van der Waals surface area contributed by atoms with E-state index < -0.39 is 6.10 Å². The van der Waals surface area contributed by atoms with Crippen LogP contribution in [0.1, 0.15) is 101 Å². The van der Waals surface area contributed by atoms with Crippen LogP contribution < -0.4 is 5.32 Å². The van der Waals surface area contributed by atoms with E-state index in [1.54, 1.807) is 11.3 Å². The monoisotopic (exact) mass is 439 g/mol. The van der Waals surface area contributed by atoms with E-state index in [1.165, 1.54) is 25.7 Å². The van der Waals surface area contributed by atoms with Crippen molar-refractivity contribution in [1.29, 1.82) is 0 Å². The molecule has 2 heterocycles. The molecule has 2 rings (SSSR count). The van der Waals surface area contributed by atoms with Crippen LogP contribution in [0, 0.1) is 0 Å². The van der Waals surface area contributed by atoms with Gasteiger partial charge < -0.3 is 20.3 Å². The zero-order valence-electron chi connectivity index (χ0n) is 18.6. The quantitative estimate of drug-likeness (QED) is 0.315. The Morgan fingerprint density at radius 2 is 1.63 bits per heavy atom. The Bertz CT molecular complexity index is 566. The average molecular weight is 440 g/mol. The number of hydrogen-bond donors (Lipinski definition) is 3. The van der Waals surface area contributed by atoms with Crippen LogP contribution in [0.2, 0.25) is 0 Å². The highest BCUT2D eigenvalue weighted by Crippen LogP contribution is 2.27. The second kappa shape index (κ2) is 15.0. The lowest BCUT2D eigenvalue weighted by Crippen LogP contribution is -2.30. The molecule has 0 bridgehead atoms. The number of hydrogen-bond acceptors (Lipinski definition) is 5. The zero-order chi connectivity index (χ0) is 21.6. The molecule has 5 nitrogen and oxygen atoms in total. The fourth-order valence-electron chi connectivity index (χ4n) is 4.16. The Morgan fingerprint density at radius 3 is 2.23 bits per heavy atom. The molecule has 1 aromatic heterocycles.